The summed E-state index contributed by atoms with van der Waals surface area (Å²) in [6, 6.07) is 20.0. The summed E-state index contributed by atoms with van der Waals surface area (Å²) in [5.41, 5.74) is 2.11. The van der Waals surface area contributed by atoms with Gasteiger partial charge in [-0.3, -0.25) is 4.79 Å². The lowest BCUT2D eigenvalue weighted by Gasteiger charge is -2.36. The fourth-order valence-corrected chi connectivity index (χ4v) is 4.51. The van der Waals surface area contributed by atoms with Crippen LogP contribution in [0.15, 0.2) is 65.7 Å². The molecular weight excluding hydrogens is 450 g/mol. The number of amides is 1. The smallest absolute Gasteiger partial charge is 0.230 e. The zero-order valence-corrected chi connectivity index (χ0v) is 20.3. The Kier molecular flexibility index (Phi) is 8.08. The van der Waals surface area contributed by atoms with Crippen molar-refractivity contribution in [2.75, 3.05) is 56.0 Å². The van der Waals surface area contributed by atoms with Gasteiger partial charge in [0.1, 0.15) is 5.03 Å². The minimum atomic E-state index is -0.0854. The Hall–Kier alpha value is -3.46. The van der Waals surface area contributed by atoms with Crippen molar-refractivity contribution in [1.82, 2.24) is 15.5 Å². The van der Waals surface area contributed by atoms with Gasteiger partial charge in [0.2, 0.25) is 5.91 Å². The molecule has 1 N–H and O–H groups in total. The maximum absolute atomic E-state index is 12.3. The van der Waals surface area contributed by atoms with Crippen molar-refractivity contribution < 1.29 is 14.3 Å². The molecule has 1 aliphatic heterocycles. The van der Waals surface area contributed by atoms with Gasteiger partial charge in [-0.1, -0.05) is 42.1 Å². The summed E-state index contributed by atoms with van der Waals surface area (Å²) < 4.78 is 10.7. The second-order valence-electron chi connectivity index (χ2n) is 7.76. The van der Waals surface area contributed by atoms with Crippen LogP contribution < -0.4 is 24.6 Å². The number of nitrogens with zero attached hydrogens (tertiary/aromatic N) is 4. The highest BCUT2D eigenvalue weighted by atomic mass is 32.2. The number of carbonyl (C=O) groups excluding carboxylic acids is 1. The lowest BCUT2D eigenvalue weighted by molar-refractivity contribution is -0.118. The van der Waals surface area contributed by atoms with Crippen LogP contribution in [0.5, 0.6) is 11.5 Å². The number of anilines is 2. The van der Waals surface area contributed by atoms with E-state index in [4.69, 9.17) is 9.47 Å². The van der Waals surface area contributed by atoms with Gasteiger partial charge in [0.25, 0.3) is 0 Å². The van der Waals surface area contributed by atoms with E-state index >= 15 is 0 Å². The molecule has 34 heavy (non-hydrogen) atoms. The molecule has 1 saturated heterocycles. The highest BCUT2D eigenvalue weighted by Crippen LogP contribution is 2.30. The number of nitrogens with one attached hydrogen (secondary N) is 1. The fourth-order valence-electron chi connectivity index (χ4n) is 3.87. The molecule has 0 spiro atoms. The fraction of sp³-hybridized carbons (Fsp3) is 0.320. The van der Waals surface area contributed by atoms with Crippen LogP contribution in [-0.4, -0.2) is 62.3 Å². The summed E-state index contributed by atoms with van der Waals surface area (Å²) >= 11 is 1.37. The van der Waals surface area contributed by atoms with Crippen molar-refractivity contribution in [2.45, 2.75) is 11.6 Å². The van der Waals surface area contributed by atoms with Crippen LogP contribution in [0.1, 0.15) is 5.56 Å². The first-order chi connectivity index (χ1) is 16.7. The molecule has 2 heterocycles. The predicted octanol–water partition coefficient (Wildman–Crippen LogP) is 3.23. The van der Waals surface area contributed by atoms with E-state index in [2.05, 4.69) is 49.6 Å². The van der Waals surface area contributed by atoms with Crippen LogP contribution >= 0.6 is 11.8 Å². The zero-order valence-electron chi connectivity index (χ0n) is 19.4. The molecule has 0 atom stereocenters. The molecule has 0 saturated carbocycles. The van der Waals surface area contributed by atoms with Gasteiger partial charge in [-0.05, 0) is 30.3 Å². The summed E-state index contributed by atoms with van der Waals surface area (Å²) in [5, 5.41) is 12.3. The number of carbonyl (C=O) groups is 1. The lowest BCUT2D eigenvalue weighted by atomic mass is 10.2. The van der Waals surface area contributed by atoms with Gasteiger partial charge in [-0.25, -0.2) is 0 Å². The van der Waals surface area contributed by atoms with Gasteiger partial charge < -0.3 is 24.6 Å². The van der Waals surface area contributed by atoms with Crippen LogP contribution in [0.2, 0.25) is 0 Å². The van der Waals surface area contributed by atoms with Crippen molar-refractivity contribution in [3.63, 3.8) is 0 Å². The van der Waals surface area contributed by atoms with Crippen molar-refractivity contribution in [1.29, 1.82) is 0 Å². The summed E-state index contributed by atoms with van der Waals surface area (Å²) in [7, 11) is 3.18. The minimum absolute atomic E-state index is 0.0854. The van der Waals surface area contributed by atoms with Crippen LogP contribution in [0.25, 0.3) is 0 Å². The molecule has 1 aromatic heterocycles. The quantitative estimate of drug-likeness (QED) is 0.469. The summed E-state index contributed by atoms with van der Waals surface area (Å²) in [5.74, 6) is 2.31. The van der Waals surface area contributed by atoms with Crippen LogP contribution in [0, 0.1) is 0 Å². The van der Waals surface area contributed by atoms with Gasteiger partial charge in [0.15, 0.2) is 17.3 Å². The Balaban J connectivity index is 1.23. The molecule has 0 bridgehead atoms. The summed E-state index contributed by atoms with van der Waals surface area (Å²) in [6.07, 6.45) is 0. The average molecular weight is 480 g/mol. The molecular formula is C25H29N5O3S. The molecule has 4 rings (SSSR count). The van der Waals surface area contributed by atoms with E-state index in [1.807, 2.05) is 36.4 Å². The van der Waals surface area contributed by atoms with E-state index in [-0.39, 0.29) is 11.7 Å². The highest BCUT2D eigenvalue weighted by molar-refractivity contribution is 7.99. The molecule has 0 radical (unpaired) electrons. The van der Waals surface area contributed by atoms with Gasteiger partial charge >= 0.3 is 0 Å². The number of benzene rings is 2. The number of rotatable bonds is 9. The second kappa shape index (κ2) is 11.6. The summed E-state index contributed by atoms with van der Waals surface area (Å²) in [6.45, 7) is 4.04. The molecule has 178 valence electrons. The Morgan fingerprint density at radius 2 is 1.68 bits per heavy atom. The first-order valence-electron chi connectivity index (χ1n) is 11.2. The molecule has 8 nitrogen and oxygen atoms in total. The number of hydrogen-bond donors (Lipinski definition) is 1. The maximum Gasteiger partial charge on any atom is 0.230 e. The van der Waals surface area contributed by atoms with Crippen LogP contribution in [-0.2, 0) is 11.3 Å². The molecule has 1 amide bonds. The molecule has 0 aliphatic carbocycles. The number of para-hydroxylation sites is 2. The van der Waals surface area contributed by atoms with E-state index < -0.39 is 0 Å². The van der Waals surface area contributed by atoms with E-state index in [9.17, 15) is 4.79 Å². The Bertz CT molecular complexity index is 1070. The topological polar surface area (TPSA) is 79.8 Å². The number of thioether (sulfide) groups is 1. The molecule has 0 unspecified atom stereocenters. The largest absolute Gasteiger partial charge is 0.493 e. The summed E-state index contributed by atoms with van der Waals surface area (Å²) in [4.78, 5) is 17.0. The molecule has 1 fully saturated rings. The monoisotopic (exact) mass is 479 g/mol. The predicted molar refractivity (Wildman–Crippen MR) is 135 cm³/mol. The van der Waals surface area contributed by atoms with Crippen molar-refractivity contribution >= 4 is 29.2 Å². The van der Waals surface area contributed by atoms with Gasteiger partial charge in [-0.2, -0.15) is 0 Å². The average Bonchev–Trinajstić information content (AvgIpc) is 2.91. The lowest BCUT2D eigenvalue weighted by Crippen LogP contribution is -2.46. The number of ether oxygens (including phenoxy) is 2. The molecule has 3 aromatic rings. The van der Waals surface area contributed by atoms with E-state index in [0.29, 0.717) is 18.0 Å². The van der Waals surface area contributed by atoms with Crippen LogP contribution in [0.4, 0.5) is 11.5 Å². The maximum atomic E-state index is 12.3. The molecule has 1 aliphatic rings. The Morgan fingerprint density at radius 3 is 2.35 bits per heavy atom. The number of aromatic nitrogens is 2. The van der Waals surface area contributed by atoms with E-state index in [1.165, 1.54) is 17.4 Å². The van der Waals surface area contributed by atoms with Gasteiger partial charge in [0, 0.05) is 44.0 Å². The third kappa shape index (κ3) is 5.91. The number of piperazine rings is 1. The van der Waals surface area contributed by atoms with Crippen molar-refractivity contribution in [2.24, 2.45) is 0 Å². The Labute approximate surface area is 204 Å². The highest BCUT2D eigenvalue weighted by Gasteiger charge is 2.18. The minimum Gasteiger partial charge on any atom is -0.493 e. The number of methoxy groups -OCH3 is 2. The van der Waals surface area contributed by atoms with E-state index in [0.717, 1.165) is 42.6 Å². The normalized spacial score (nSPS) is 13.5. The van der Waals surface area contributed by atoms with Gasteiger partial charge in [-0.15, -0.1) is 10.2 Å². The zero-order chi connectivity index (χ0) is 23.8. The third-order valence-corrected chi connectivity index (χ3v) is 6.58. The SMILES string of the molecule is COc1cccc(CNC(=O)CSc2ccc(N3CCN(c4ccccc4)CC3)nn2)c1OC. The van der Waals surface area contributed by atoms with Crippen LogP contribution in [0.3, 0.4) is 0 Å². The van der Waals surface area contributed by atoms with Crippen molar-refractivity contribution in [3.8, 4) is 11.5 Å². The molecule has 2 aromatic carbocycles. The second-order valence-corrected chi connectivity index (χ2v) is 8.75. The number of hydrogen-bond acceptors (Lipinski definition) is 8. The first-order valence-corrected chi connectivity index (χ1v) is 12.1. The molecule has 9 heteroatoms. The van der Waals surface area contributed by atoms with E-state index in [1.54, 1.807) is 14.2 Å². The standard InChI is InChI=1S/C25H29N5O3S/c1-32-21-10-6-7-19(25(21)33-2)17-26-23(31)18-34-24-12-11-22(27-28-24)30-15-13-29(14-16-30)20-8-4-3-5-9-20/h3-12H,13-18H2,1-2H3,(H,26,31). The third-order valence-electron chi connectivity index (χ3n) is 5.66. The van der Waals surface area contributed by atoms with Crippen molar-refractivity contribution in [3.05, 3.63) is 66.2 Å². The first kappa shape index (κ1) is 23.7. The Morgan fingerprint density at radius 1 is 0.912 bits per heavy atom. The van der Waals surface area contributed by atoms with Gasteiger partial charge in [0.05, 0.1) is 20.0 Å².